The van der Waals surface area contributed by atoms with Crippen molar-refractivity contribution in [1.82, 2.24) is 4.90 Å². The molecule has 1 aliphatic rings. The number of ether oxygens (including phenoxy) is 2. The highest BCUT2D eigenvalue weighted by atomic mass is 35.5. The Labute approximate surface area is 197 Å². The fourth-order valence-corrected chi connectivity index (χ4v) is 3.82. The third-order valence-corrected chi connectivity index (χ3v) is 5.66. The maximum absolute atomic E-state index is 13.5. The van der Waals surface area contributed by atoms with Gasteiger partial charge in [-0.15, -0.1) is 0 Å². The molecule has 1 aliphatic heterocycles. The first-order chi connectivity index (χ1) is 15.9. The second-order valence-corrected chi connectivity index (χ2v) is 8.07. The lowest BCUT2D eigenvalue weighted by atomic mass is 10.0. The lowest BCUT2D eigenvalue weighted by Gasteiger charge is -2.16. The Kier molecular flexibility index (Phi) is 6.38. The predicted octanol–water partition coefficient (Wildman–Crippen LogP) is 5.06. The Morgan fingerprint density at radius 3 is 2.21 bits per heavy atom. The van der Waals surface area contributed by atoms with E-state index in [0.29, 0.717) is 27.8 Å². The number of halogens is 1. The number of aryl methyl sites for hydroxylation is 1. The Morgan fingerprint density at radius 1 is 0.879 bits per heavy atom. The van der Waals surface area contributed by atoms with Crippen LogP contribution in [0, 0.1) is 6.92 Å². The first kappa shape index (κ1) is 22.4. The molecule has 0 fully saturated rings. The van der Waals surface area contributed by atoms with E-state index in [1.165, 1.54) is 12.0 Å². The molecule has 7 heteroatoms. The van der Waals surface area contributed by atoms with Crippen LogP contribution in [0.2, 0.25) is 5.02 Å². The van der Waals surface area contributed by atoms with Crippen molar-refractivity contribution in [1.29, 1.82) is 0 Å². The minimum atomic E-state index is -0.423. The van der Waals surface area contributed by atoms with Gasteiger partial charge in [-0.3, -0.25) is 14.5 Å². The predicted molar refractivity (Wildman–Crippen MR) is 128 cm³/mol. The Bertz CT molecular complexity index is 1230. The largest absolute Gasteiger partial charge is 0.497 e. The van der Waals surface area contributed by atoms with Gasteiger partial charge >= 0.3 is 0 Å². The number of carbonyl (C=O) groups excluding carboxylic acids is 2. The first-order valence-electron chi connectivity index (χ1n) is 10.3. The van der Waals surface area contributed by atoms with Crippen molar-refractivity contribution in [3.63, 3.8) is 0 Å². The number of nitrogens with one attached hydrogen (secondary N) is 1. The molecular weight excluding hydrogens is 440 g/mol. The highest BCUT2D eigenvalue weighted by molar-refractivity contribution is 6.36. The van der Waals surface area contributed by atoms with Gasteiger partial charge in [-0.25, -0.2) is 0 Å². The third-order valence-electron chi connectivity index (χ3n) is 5.43. The molecule has 0 unspecified atom stereocenters. The molecular formula is C26H23ClN2O4. The van der Waals surface area contributed by atoms with Crippen LogP contribution in [0.5, 0.6) is 11.5 Å². The number of imide groups is 1. The summed E-state index contributed by atoms with van der Waals surface area (Å²) in [4.78, 5) is 28.2. The average molecular weight is 463 g/mol. The molecule has 0 aromatic heterocycles. The van der Waals surface area contributed by atoms with Crippen LogP contribution >= 0.6 is 11.6 Å². The minimum absolute atomic E-state index is 0.162. The van der Waals surface area contributed by atoms with Crippen molar-refractivity contribution in [3.05, 3.63) is 94.1 Å². The molecule has 0 saturated heterocycles. The van der Waals surface area contributed by atoms with E-state index in [4.69, 9.17) is 21.1 Å². The van der Waals surface area contributed by atoms with E-state index in [9.17, 15) is 9.59 Å². The van der Waals surface area contributed by atoms with Crippen LogP contribution in [-0.4, -0.2) is 30.9 Å². The van der Waals surface area contributed by atoms with Crippen LogP contribution in [0.1, 0.15) is 16.7 Å². The van der Waals surface area contributed by atoms with Crippen molar-refractivity contribution in [2.45, 2.75) is 13.5 Å². The summed E-state index contributed by atoms with van der Waals surface area (Å²) in [7, 11) is 3.10. The molecule has 0 saturated carbocycles. The molecule has 33 heavy (non-hydrogen) atoms. The molecule has 168 valence electrons. The van der Waals surface area contributed by atoms with Crippen LogP contribution in [-0.2, 0) is 16.1 Å². The van der Waals surface area contributed by atoms with E-state index in [1.807, 2.05) is 31.2 Å². The standard InChI is InChI=1S/C26H23ClN2O4/c1-16-4-6-17(7-5-16)15-29-25(30)23(18-8-11-20(32-2)12-9-18)24(26(29)31)28-21-14-19(27)10-13-22(21)33-3/h4-14,28H,15H2,1-3H3. The zero-order chi connectivity index (χ0) is 23.5. The summed E-state index contributed by atoms with van der Waals surface area (Å²) in [5.41, 5.74) is 3.49. The fourth-order valence-electron chi connectivity index (χ4n) is 3.65. The molecule has 1 N–H and O–H groups in total. The summed E-state index contributed by atoms with van der Waals surface area (Å²) < 4.78 is 10.6. The van der Waals surface area contributed by atoms with Crippen LogP contribution in [0.3, 0.4) is 0 Å². The van der Waals surface area contributed by atoms with Gasteiger partial charge in [0.25, 0.3) is 11.8 Å². The van der Waals surface area contributed by atoms with Crippen molar-refractivity contribution in [3.8, 4) is 11.5 Å². The molecule has 0 atom stereocenters. The number of anilines is 1. The topological polar surface area (TPSA) is 67.9 Å². The lowest BCUT2D eigenvalue weighted by Crippen LogP contribution is -2.32. The van der Waals surface area contributed by atoms with E-state index in [0.717, 1.165) is 11.1 Å². The molecule has 0 bridgehead atoms. The van der Waals surface area contributed by atoms with Crippen molar-refractivity contribution < 1.29 is 19.1 Å². The van der Waals surface area contributed by atoms with Gasteiger partial charge in [0.15, 0.2) is 0 Å². The number of nitrogens with zero attached hydrogens (tertiary/aromatic N) is 1. The summed E-state index contributed by atoms with van der Waals surface area (Å²) in [5.74, 6) is 0.347. The molecule has 1 heterocycles. The van der Waals surface area contributed by atoms with E-state index >= 15 is 0 Å². The Balaban J connectivity index is 1.77. The molecule has 3 aromatic rings. The number of benzene rings is 3. The van der Waals surface area contributed by atoms with Crippen LogP contribution in [0.4, 0.5) is 5.69 Å². The molecule has 4 rings (SSSR count). The van der Waals surface area contributed by atoms with Gasteiger partial charge in [0.1, 0.15) is 17.2 Å². The molecule has 3 aromatic carbocycles. The number of hydrogen-bond donors (Lipinski definition) is 1. The number of carbonyl (C=O) groups is 2. The molecule has 0 aliphatic carbocycles. The summed E-state index contributed by atoms with van der Waals surface area (Å²) in [5, 5.41) is 3.58. The monoisotopic (exact) mass is 462 g/mol. The SMILES string of the molecule is COc1ccc(C2=C(Nc3cc(Cl)ccc3OC)C(=O)N(Cc3ccc(C)cc3)C2=O)cc1. The summed E-state index contributed by atoms with van der Waals surface area (Å²) in [6.45, 7) is 2.15. The molecule has 6 nitrogen and oxygen atoms in total. The Morgan fingerprint density at radius 2 is 1.58 bits per heavy atom. The number of hydrogen-bond acceptors (Lipinski definition) is 5. The molecule has 0 spiro atoms. The Hall–Kier alpha value is -3.77. The zero-order valence-electron chi connectivity index (χ0n) is 18.5. The van der Waals surface area contributed by atoms with Crippen LogP contribution in [0.15, 0.2) is 72.4 Å². The van der Waals surface area contributed by atoms with Gasteiger partial charge in [-0.05, 0) is 48.4 Å². The normalized spacial score (nSPS) is 13.5. The summed E-state index contributed by atoms with van der Waals surface area (Å²) >= 11 is 6.17. The van der Waals surface area contributed by atoms with E-state index < -0.39 is 5.91 Å². The van der Waals surface area contributed by atoms with Crippen LogP contribution < -0.4 is 14.8 Å². The van der Waals surface area contributed by atoms with Gasteiger partial charge in [-0.1, -0.05) is 53.6 Å². The lowest BCUT2D eigenvalue weighted by molar-refractivity contribution is -0.137. The van der Waals surface area contributed by atoms with Crippen molar-refractivity contribution >= 4 is 34.7 Å². The number of amides is 2. The molecule has 0 radical (unpaired) electrons. The van der Waals surface area contributed by atoms with Gasteiger partial charge in [0.2, 0.25) is 0 Å². The van der Waals surface area contributed by atoms with Gasteiger partial charge < -0.3 is 14.8 Å². The highest BCUT2D eigenvalue weighted by Crippen LogP contribution is 2.35. The van der Waals surface area contributed by atoms with E-state index in [1.54, 1.807) is 49.6 Å². The van der Waals surface area contributed by atoms with E-state index in [2.05, 4.69) is 5.32 Å². The zero-order valence-corrected chi connectivity index (χ0v) is 19.3. The van der Waals surface area contributed by atoms with Crippen LogP contribution in [0.25, 0.3) is 5.57 Å². The van der Waals surface area contributed by atoms with Crippen molar-refractivity contribution in [2.75, 3.05) is 19.5 Å². The first-order valence-corrected chi connectivity index (χ1v) is 10.7. The summed E-state index contributed by atoms with van der Waals surface area (Å²) in [6, 6.07) is 19.8. The molecule has 2 amide bonds. The fraction of sp³-hybridized carbons (Fsp3) is 0.154. The number of rotatable bonds is 7. The van der Waals surface area contributed by atoms with Crippen molar-refractivity contribution in [2.24, 2.45) is 0 Å². The second-order valence-electron chi connectivity index (χ2n) is 7.63. The average Bonchev–Trinajstić information content (AvgIpc) is 3.05. The smallest absolute Gasteiger partial charge is 0.278 e. The second kappa shape index (κ2) is 9.38. The summed E-state index contributed by atoms with van der Waals surface area (Å²) in [6.07, 6.45) is 0. The third kappa shape index (κ3) is 4.56. The maximum atomic E-state index is 13.5. The highest BCUT2D eigenvalue weighted by Gasteiger charge is 2.39. The van der Waals surface area contributed by atoms with E-state index in [-0.39, 0.29) is 23.7 Å². The quantitative estimate of drug-likeness (QED) is 0.497. The van der Waals surface area contributed by atoms with Gasteiger partial charge in [0.05, 0.1) is 32.0 Å². The maximum Gasteiger partial charge on any atom is 0.278 e. The van der Waals surface area contributed by atoms with Gasteiger partial charge in [-0.2, -0.15) is 0 Å². The van der Waals surface area contributed by atoms with Gasteiger partial charge in [0, 0.05) is 5.02 Å². The minimum Gasteiger partial charge on any atom is -0.497 e. The number of methoxy groups -OCH3 is 2.